The first kappa shape index (κ1) is 23.2. The predicted octanol–water partition coefficient (Wildman–Crippen LogP) is 1.75. The lowest BCUT2D eigenvalue weighted by molar-refractivity contribution is 0.00739. The Morgan fingerprint density at radius 1 is 1.14 bits per heavy atom. The second kappa shape index (κ2) is 11.8. The molecular formula is C20H35IN6O. The van der Waals surface area contributed by atoms with Crippen molar-refractivity contribution < 1.29 is 4.74 Å². The van der Waals surface area contributed by atoms with Gasteiger partial charge in [-0.25, -0.2) is 4.98 Å². The minimum atomic E-state index is 0. The fourth-order valence-corrected chi connectivity index (χ4v) is 3.91. The van der Waals surface area contributed by atoms with Crippen LogP contribution in [0.5, 0.6) is 0 Å². The summed E-state index contributed by atoms with van der Waals surface area (Å²) in [6.07, 6.45) is 1.86. The largest absolute Gasteiger partial charge is 0.379 e. The summed E-state index contributed by atoms with van der Waals surface area (Å²) in [5.41, 5.74) is 0. The lowest BCUT2D eigenvalue weighted by Crippen LogP contribution is -2.56. The molecule has 8 heteroatoms. The molecule has 1 N–H and O–H groups in total. The van der Waals surface area contributed by atoms with E-state index in [1.165, 1.54) is 0 Å². The molecule has 2 fully saturated rings. The molecule has 2 saturated heterocycles. The molecule has 0 amide bonds. The number of anilines is 1. The number of morpholine rings is 1. The van der Waals surface area contributed by atoms with Crippen molar-refractivity contribution in [3.05, 3.63) is 24.4 Å². The molecule has 0 saturated carbocycles. The van der Waals surface area contributed by atoms with E-state index in [1.54, 1.807) is 0 Å². The zero-order valence-corrected chi connectivity index (χ0v) is 19.7. The van der Waals surface area contributed by atoms with Gasteiger partial charge in [0.05, 0.1) is 13.2 Å². The third-order valence-electron chi connectivity index (χ3n) is 5.52. The van der Waals surface area contributed by atoms with E-state index in [0.29, 0.717) is 12.0 Å². The van der Waals surface area contributed by atoms with Crippen molar-refractivity contribution in [2.75, 3.05) is 71.0 Å². The molecule has 1 unspecified atom stereocenters. The van der Waals surface area contributed by atoms with E-state index in [9.17, 15) is 0 Å². The van der Waals surface area contributed by atoms with Crippen LogP contribution in [-0.2, 0) is 4.74 Å². The Morgan fingerprint density at radius 2 is 1.86 bits per heavy atom. The van der Waals surface area contributed by atoms with E-state index in [2.05, 4.69) is 49.9 Å². The minimum Gasteiger partial charge on any atom is -0.379 e. The van der Waals surface area contributed by atoms with Gasteiger partial charge in [0, 0.05) is 65.1 Å². The molecule has 0 spiro atoms. The minimum absolute atomic E-state index is 0. The number of pyridine rings is 1. The highest BCUT2D eigenvalue weighted by Crippen LogP contribution is 2.14. The van der Waals surface area contributed by atoms with Crippen molar-refractivity contribution in [2.24, 2.45) is 10.9 Å². The molecule has 2 aliphatic heterocycles. The molecule has 1 atom stereocenters. The Bertz CT molecular complexity index is 586. The predicted molar refractivity (Wildman–Crippen MR) is 126 cm³/mol. The molecule has 28 heavy (non-hydrogen) atoms. The average molecular weight is 502 g/mol. The first-order valence-corrected chi connectivity index (χ1v) is 10.1. The maximum Gasteiger partial charge on any atom is 0.193 e. The molecule has 0 aliphatic carbocycles. The molecule has 0 radical (unpaired) electrons. The summed E-state index contributed by atoms with van der Waals surface area (Å²) in [5, 5.41) is 3.63. The standard InChI is InChI=1S/C20H34N6O.HI/c1-17(2)18(24-12-14-27-15-13-24)16-23-20(21-3)26-10-8-25(9-11-26)19-6-4-5-7-22-19;/h4-7,17-18H,8-16H2,1-3H3,(H,21,23);1H. The van der Waals surface area contributed by atoms with Crippen LogP contribution in [0.25, 0.3) is 0 Å². The Morgan fingerprint density at radius 3 is 2.43 bits per heavy atom. The third kappa shape index (κ3) is 6.18. The zero-order chi connectivity index (χ0) is 19.1. The van der Waals surface area contributed by atoms with Gasteiger partial charge in [-0.2, -0.15) is 0 Å². The van der Waals surface area contributed by atoms with Gasteiger partial charge in [0.25, 0.3) is 0 Å². The second-order valence-corrected chi connectivity index (χ2v) is 7.55. The summed E-state index contributed by atoms with van der Waals surface area (Å²) in [7, 11) is 1.88. The van der Waals surface area contributed by atoms with Crippen LogP contribution in [0.3, 0.4) is 0 Å². The molecule has 2 aliphatic rings. The molecule has 1 aromatic heterocycles. The molecule has 3 rings (SSSR count). The van der Waals surface area contributed by atoms with Crippen molar-refractivity contribution in [3.63, 3.8) is 0 Å². The van der Waals surface area contributed by atoms with Crippen molar-refractivity contribution in [1.82, 2.24) is 20.1 Å². The molecule has 7 nitrogen and oxygen atoms in total. The number of rotatable bonds is 5. The topological polar surface area (TPSA) is 56.2 Å². The summed E-state index contributed by atoms with van der Waals surface area (Å²) >= 11 is 0. The van der Waals surface area contributed by atoms with Crippen LogP contribution in [0.15, 0.2) is 29.4 Å². The molecule has 0 bridgehead atoms. The average Bonchev–Trinajstić information content (AvgIpc) is 2.72. The van der Waals surface area contributed by atoms with Gasteiger partial charge >= 0.3 is 0 Å². The van der Waals surface area contributed by atoms with E-state index in [4.69, 9.17) is 4.74 Å². The van der Waals surface area contributed by atoms with Gasteiger partial charge in [0.15, 0.2) is 5.96 Å². The van der Waals surface area contributed by atoms with Gasteiger partial charge < -0.3 is 19.9 Å². The van der Waals surface area contributed by atoms with Crippen LogP contribution >= 0.6 is 24.0 Å². The number of nitrogens with zero attached hydrogens (tertiary/aromatic N) is 5. The van der Waals surface area contributed by atoms with Crippen molar-refractivity contribution >= 4 is 35.8 Å². The van der Waals surface area contributed by atoms with Gasteiger partial charge in [-0.3, -0.25) is 9.89 Å². The Kier molecular flexibility index (Phi) is 9.73. The third-order valence-corrected chi connectivity index (χ3v) is 5.52. The highest BCUT2D eigenvalue weighted by Gasteiger charge is 2.25. The van der Waals surface area contributed by atoms with Crippen molar-refractivity contribution in [1.29, 1.82) is 0 Å². The van der Waals surface area contributed by atoms with Gasteiger partial charge in [0.2, 0.25) is 0 Å². The van der Waals surface area contributed by atoms with Crippen LogP contribution in [0.4, 0.5) is 5.82 Å². The number of piperazine rings is 1. The van der Waals surface area contributed by atoms with E-state index < -0.39 is 0 Å². The fraction of sp³-hybridized carbons (Fsp3) is 0.700. The number of aliphatic imine (C=N–C) groups is 1. The fourth-order valence-electron chi connectivity index (χ4n) is 3.91. The summed E-state index contributed by atoms with van der Waals surface area (Å²) in [4.78, 5) is 16.3. The van der Waals surface area contributed by atoms with Gasteiger partial charge in [-0.05, 0) is 18.1 Å². The number of aromatic nitrogens is 1. The zero-order valence-electron chi connectivity index (χ0n) is 17.4. The second-order valence-electron chi connectivity index (χ2n) is 7.55. The van der Waals surface area contributed by atoms with Crippen LogP contribution in [0.1, 0.15) is 13.8 Å². The highest BCUT2D eigenvalue weighted by atomic mass is 127. The molecule has 0 aromatic carbocycles. The van der Waals surface area contributed by atoms with Crippen molar-refractivity contribution in [2.45, 2.75) is 19.9 Å². The first-order valence-electron chi connectivity index (χ1n) is 10.1. The summed E-state index contributed by atoms with van der Waals surface area (Å²) < 4.78 is 5.51. The Balaban J connectivity index is 0.00000280. The number of ether oxygens (including phenoxy) is 1. The van der Waals surface area contributed by atoms with E-state index >= 15 is 0 Å². The van der Waals surface area contributed by atoms with Gasteiger partial charge in [0.1, 0.15) is 5.82 Å². The quantitative estimate of drug-likeness (QED) is 0.376. The molecular weight excluding hydrogens is 467 g/mol. The number of hydrogen-bond acceptors (Lipinski definition) is 5. The van der Waals surface area contributed by atoms with Crippen LogP contribution in [0, 0.1) is 5.92 Å². The number of nitrogens with one attached hydrogen (secondary N) is 1. The maximum atomic E-state index is 5.51. The molecule has 3 heterocycles. The van der Waals surface area contributed by atoms with Gasteiger partial charge in [-0.15, -0.1) is 24.0 Å². The van der Waals surface area contributed by atoms with Gasteiger partial charge in [-0.1, -0.05) is 19.9 Å². The van der Waals surface area contributed by atoms with Crippen LogP contribution in [-0.4, -0.2) is 92.9 Å². The van der Waals surface area contributed by atoms with Crippen molar-refractivity contribution in [3.8, 4) is 0 Å². The summed E-state index contributed by atoms with van der Waals surface area (Å²) in [5.74, 6) is 2.66. The maximum absolute atomic E-state index is 5.51. The Hall–Kier alpha value is -1.13. The number of guanidine groups is 1. The monoisotopic (exact) mass is 502 g/mol. The van der Waals surface area contributed by atoms with E-state index in [0.717, 1.165) is 70.8 Å². The molecule has 1 aromatic rings. The SMILES string of the molecule is CN=C(NCC(C(C)C)N1CCOCC1)N1CCN(c2ccccn2)CC1.I. The first-order chi connectivity index (χ1) is 13.2. The number of hydrogen-bond donors (Lipinski definition) is 1. The lowest BCUT2D eigenvalue weighted by Gasteiger charge is -2.39. The summed E-state index contributed by atoms with van der Waals surface area (Å²) in [6, 6.07) is 6.59. The normalized spacial score (nSPS) is 20.1. The lowest BCUT2D eigenvalue weighted by atomic mass is 10.0. The van der Waals surface area contributed by atoms with E-state index in [1.807, 2.05) is 25.4 Å². The highest BCUT2D eigenvalue weighted by molar-refractivity contribution is 14.0. The van der Waals surface area contributed by atoms with E-state index in [-0.39, 0.29) is 24.0 Å². The molecule has 158 valence electrons. The number of halogens is 1. The van der Waals surface area contributed by atoms with Crippen LogP contribution < -0.4 is 10.2 Å². The van der Waals surface area contributed by atoms with Crippen LogP contribution in [0.2, 0.25) is 0 Å². The smallest absolute Gasteiger partial charge is 0.193 e. The Labute approximate surface area is 186 Å². The summed E-state index contributed by atoms with van der Waals surface area (Å²) in [6.45, 7) is 13.1.